The molecule has 132 valence electrons. The molecule has 0 spiro atoms. The predicted octanol–water partition coefficient (Wildman–Crippen LogP) is 4.18. The highest BCUT2D eigenvalue weighted by molar-refractivity contribution is 6.04. The van der Waals surface area contributed by atoms with Crippen molar-refractivity contribution < 1.29 is 9.53 Å². The van der Waals surface area contributed by atoms with E-state index in [0.717, 1.165) is 30.4 Å². The molecule has 1 fully saturated rings. The molecule has 4 heteroatoms. The number of carbonyl (C=O) groups is 1. The maximum absolute atomic E-state index is 12.4. The highest BCUT2D eigenvalue weighted by Gasteiger charge is 2.16. The number of likely N-dealkylation sites (tertiary alicyclic amines) is 1. The fraction of sp³-hybridized carbons (Fsp3) is 0.381. The molecule has 4 nitrogen and oxygen atoms in total. The zero-order valence-corrected chi connectivity index (χ0v) is 15.0. The lowest BCUT2D eigenvalue weighted by Crippen LogP contribution is -2.33. The van der Waals surface area contributed by atoms with E-state index in [0.29, 0.717) is 5.56 Å². The Morgan fingerprint density at radius 1 is 1.24 bits per heavy atom. The number of piperidine rings is 1. The van der Waals surface area contributed by atoms with Crippen LogP contribution in [-0.4, -0.2) is 31.0 Å². The Labute approximate surface area is 149 Å². The molecule has 25 heavy (non-hydrogen) atoms. The predicted molar refractivity (Wildman–Crippen MR) is 101 cm³/mol. The number of ether oxygens (including phenoxy) is 1. The van der Waals surface area contributed by atoms with E-state index in [4.69, 9.17) is 4.74 Å². The van der Waals surface area contributed by atoms with Crippen molar-refractivity contribution in [1.82, 2.24) is 4.90 Å². The molecule has 1 aliphatic heterocycles. The number of carbonyl (C=O) groups excluding carboxylic acids is 1. The van der Waals surface area contributed by atoms with E-state index in [1.807, 2.05) is 36.4 Å². The Morgan fingerprint density at radius 2 is 2.04 bits per heavy atom. The van der Waals surface area contributed by atoms with Crippen LogP contribution in [0, 0.1) is 5.92 Å². The van der Waals surface area contributed by atoms with Gasteiger partial charge >= 0.3 is 0 Å². The van der Waals surface area contributed by atoms with E-state index in [1.54, 1.807) is 7.11 Å². The van der Waals surface area contributed by atoms with Crippen molar-refractivity contribution in [2.45, 2.75) is 26.3 Å². The molecule has 1 unspecified atom stereocenters. The van der Waals surface area contributed by atoms with Crippen LogP contribution in [0.1, 0.15) is 35.7 Å². The molecule has 0 radical (unpaired) electrons. The summed E-state index contributed by atoms with van der Waals surface area (Å²) in [6.45, 7) is 5.61. The second-order valence-electron chi connectivity index (χ2n) is 6.87. The number of nitrogens with zero attached hydrogens (tertiary/aromatic N) is 1. The van der Waals surface area contributed by atoms with Crippen LogP contribution in [0.4, 0.5) is 5.69 Å². The summed E-state index contributed by atoms with van der Waals surface area (Å²) in [7, 11) is 1.61. The maximum Gasteiger partial charge on any atom is 0.255 e. The molecule has 1 saturated heterocycles. The van der Waals surface area contributed by atoms with E-state index in [9.17, 15) is 4.79 Å². The molecule has 2 aromatic carbocycles. The lowest BCUT2D eigenvalue weighted by molar-refractivity contribution is 0.102. The number of benzene rings is 2. The molecule has 0 aromatic heterocycles. The Balaban J connectivity index is 1.60. The average molecular weight is 338 g/mol. The topological polar surface area (TPSA) is 41.6 Å². The summed E-state index contributed by atoms with van der Waals surface area (Å²) >= 11 is 0. The van der Waals surface area contributed by atoms with Crippen molar-refractivity contribution >= 4 is 11.6 Å². The van der Waals surface area contributed by atoms with Crippen LogP contribution < -0.4 is 10.1 Å². The fourth-order valence-electron chi connectivity index (χ4n) is 3.35. The summed E-state index contributed by atoms with van der Waals surface area (Å²) in [6.07, 6.45) is 2.61. The first-order chi connectivity index (χ1) is 12.1. The zero-order chi connectivity index (χ0) is 17.6. The standard InChI is InChI=1S/C21H26N2O2/c1-16-5-4-12-23(14-16)15-17-8-10-18(11-9-17)21(24)22-19-6-3-7-20(13-19)25-2/h3,6-11,13,16H,4-5,12,14-15H2,1-2H3,(H,22,24). The lowest BCUT2D eigenvalue weighted by Gasteiger charge is -2.30. The van der Waals surface area contributed by atoms with Crippen LogP contribution in [-0.2, 0) is 6.54 Å². The number of nitrogens with one attached hydrogen (secondary N) is 1. The maximum atomic E-state index is 12.4. The smallest absolute Gasteiger partial charge is 0.255 e. The number of amides is 1. The highest BCUT2D eigenvalue weighted by Crippen LogP contribution is 2.19. The van der Waals surface area contributed by atoms with Crippen molar-refractivity contribution in [1.29, 1.82) is 0 Å². The van der Waals surface area contributed by atoms with Gasteiger partial charge in [0.2, 0.25) is 0 Å². The molecule has 0 bridgehead atoms. The SMILES string of the molecule is COc1cccc(NC(=O)c2ccc(CN3CCCC(C)C3)cc2)c1. The van der Waals surface area contributed by atoms with Crippen molar-refractivity contribution in [3.63, 3.8) is 0 Å². The van der Waals surface area contributed by atoms with Gasteiger partial charge in [-0.25, -0.2) is 0 Å². The molecule has 0 saturated carbocycles. The molecule has 1 N–H and O–H groups in total. The first kappa shape index (κ1) is 17.5. The largest absolute Gasteiger partial charge is 0.497 e. The van der Waals surface area contributed by atoms with Crippen LogP contribution in [0.2, 0.25) is 0 Å². The normalized spacial score (nSPS) is 17.9. The summed E-state index contributed by atoms with van der Waals surface area (Å²) in [5.74, 6) is 1.40. The first-order valence-corrected chi connectivity index (χ1v) is 8.91. The van der Waals surface area contributed by atoms with Crippen molar-refractivity contribution in [2.75, 3.05) is 25.5 Å². The molecule has 0 aliphatic carbocycles. The summed E-state index contributed by atoms with van der Waals surface area (Å²) in [5.41, 5.74) is 2.65. The Hall–Kier alpha value is -2.33. The van der Waals surface area contributed by atoms with Gasteiger partial charge in [0, 0.05) is 30.4 Å². The van der Waals surface area contributed by atoms with Gasteiger partial charge in [-0.3, -0.25) is 9.69 Å². The summed E-state index contributed by atoms with van der Waals surface area (Å²) in [4.78, 5) is 14.9. The van der Waals surface area contributed by atoms with E-state index in [2.05, 4.69) is 29.3 Å². The minimum atomic E-state index is -0.105. The molecular formula is C21H26N2O2. The molecule has 1 aliphatic rings. The third kappa shape index (κ3) is 4.83. The molecule has 2 aromatic rings. The molecule has 1 amide bonds. The Morgan fingerprint density at radius 3 is 2.76 bits per heavy atom. The number of anilines is 1. The van der Waals surface area contributed by atoms with Crippen molar-refractivity contribution in [3.05, 3.63) is 59.7 Å². The number of rotatable bonds is 5. The van der Waals surface area contributed by atoms with E-state index in [1.165, 1.54) is 24.9 Å². The Kier molecular flexibility index (Phi) is 5.71. The van der Waals surface area contributed by atoms with Gasteiger partial charge in [0.05, 0.1) is 7.11 Å². The molecule has 3 rings (SSSR count). The van der Waals surface area contributed by atoms with Gasteiger partial charge in [-0.1, -0.05) is 25.1 Å². The van der Waals surface area contributed by atoms with Crippen molar-refractivity contribution in [2.24, 2.45) is 5.92 Å². The van der Waals surface area contributed by atoms with E-state index >= 15 is 0 Å². The second kappa shape index (κ2) is 8.17. The number of methoxy groups -OCH3 is 1. The molecule has 1 heterocycles. The van der Waals surface area contributed by atoms with Gasteiger partial charge in [0.1, 0.15) is 5.75 Å². The summed E-state index contributed by atoms with van der Waals surface area (Å²) in [6, 6.07) is 15.3. The van der Waals surface area contributed by atoms with Crippen LogP contribution in [0.5, 0.6) is 5.75 Å². The first-order valence-electron chi connectivity index (χ1n) is 8.91. The fourth-order valence-corrected chi connectivity index (χ4v) is 3.35. The van der Waals surface area contributed by atoms with Crippen molar-refractivity contribution in [3.8, 4) is 5.75 Å². The third-order valence-electron chi connectivity index (χ3n) is 4.69. The minimum absolute atomic E-state index is 0.105. The van der Waals surface area contributed by atoms with Crippen LogP contribution in [0.15, 0.2) is 48.5 Å². The molecule has 1 atom stereocenters. The minimum Gasteiger partial charge on any atom is -0.497 e. The van der Waals surface area contributed by atoms with Crippen LogP contribution in [0.3, 0.4) is 0 Å². The molecular weight excluding hydrogens is 312 g/mol. The quantitative estimate of drug-likeness (QED) is 0.889. The zero-order valence-electron chi connectivity index (χ0n) is 15.0. The Bertz CT molecular complexity index is 712. The average Bonchev–Trinajstić information content (AvgIpc) is 2.62. The van der Waals surface area contributed by atoms with E-state index < -0.39 is 0 Å². The number of hydrogen-bond donors (Lipinski definition) is 1. The van der Waals surface area contributed by atoms with Gasteiger partial charge in [0.15, 0.2) is 0 Å². The van der Waals surface area contributed by atoms with Gasteiger partial charge in [-0.05, 0) is 55.1 Å². The van der Waals surface area contributed by atoms with Gasteiger partial charge in [-0.2, -0.15) is 0 Å². The third-order valence-corrected chi connectivity index (χ3v) is 4.69. The van der Waals surface area contributed by atoms with Gasteiger partial charge in [-0.15, -0.1) is 0 Å². The second-order valence-corrected chi connectivity index (χ2v) is 6.87. The summed E-state index contributed by atoms with van der Waals surface area (Å²) in [5, 5.41) is 2.91. The summed E-state index contributed by atoms with van der Waals surface area (Å²) < 4.78 is 5.18. The lowest BCUT2D eigenvalue weighted by atomic mass is 9.99. The van der Waals surface area contributed by atoms with Gasteiger partial charge < -0.3 is 10.1 Å². The number of hydrogen-bond acceptors (Lipinski definition) is 3. The van der Waals surface area contributed by atoms with Crippen LogP contribution >= 0.6 is 0 Å². The van der Waals surface area contributed by atoms with Crippen LogP contribution in [0.25, 0.3) is 0 Å². The monoisotopic (exact) mass is 338 g/mol. The van der Waals surface area contributed by atoms with E-state index in [-0.39, 0.29) is 5.91 Å². The van der Waals surface area contributed by atoms with Gasteiger partial charge in [0.25, 0.3) is 5.91 Å². The highest BCUT2D eigenvalue weighted by atomic mass is 16.5.